The van der Waals surface area contributed by atoms with E-state index < -0.39 is 0 Å². The topological polar surface area (TPSA) is 21.3 Å². The average Bonchev–Trinajstić information content (AvgIpc) is 3.78. The van der Waals surface area contributed by atoms with Crippen molar-refractivity contribution in [3.8, 4) is 16.8 Å². The van der Waals surface area contributed by atoms with Crippen molar-refractivity contribution in [3.63, 3.8) is 0 Å². The first-order valence-corrected chi connectivity index (χ1v) is 18.1. The summed E-state index contributed by atoms with van der Waals surface area (Å²) in [4.78, 5) is 2.40. The molecule has 2 aromatic heterocycles. The number of aromatic nitrogens is 1. The molecule has 0 N–H and O–H groups in total. The second kappa shape index (κ2) is 11.7. The van der Waals surface area contributed by atoms with Crippen molar-refractivity contribution >= 4 is 82.4 Å². The van der Waals surface area contributed by atoms with Crippen LogP contribution >= 0.6 is 0 Å². The molecule has 11 rings (SSSR count). The van der Waals surface area contributed by atoms with Crippen LogP contribution in [0.15, 0.2) is 199 Å². The third-order valence-electron chi connectivity index (χ3n) is 10.8. The monoisotopic (exact) mass is 676 g/mol. The molecule has 0 unspecified atom stereocenters. The molecule has 0 aliphatic heterocycles. The van der Waals surface area contributed by atoms with Crippen LogP contribution in [0.25, 0.3) is 82.1 Å². The second-order valence-electron chi connectivity index (χ2n) is 13.7. The Hall–Kier alpha value is -7.10. The van der Waals surface area contributed by atoms with Crippen molar-refractivity contribution in [1.29, 1.82) is 0 Å². The zero-order valence-electron chi connectivity index (χ0n) is 28.8. The van der Waals surface area contributed by atoms with Crippen molar-refractivity contribution in [2.45, 2.75) is 0 Å². The van der Waals surface area contributed by atoms with Crippen molar-refractivity contribution in [2.24, 2.45) is 0 Å². The van der Waals surface area contributed by atoms with Crippen molar-refractivity contribution < 1.29 is 4.42 Å². The molecule has 0 bridgehead atoms. The number of benzene rings is 9. The molecule has 0 atom stereocenters. The smallest absolute Gasteiger partial charge is 0.143 e. The summed E-state index contributed by atoms with van der Waals surface area (Å²) in [6, 6.07) is 69.7. The highest BCUT2D eigenvalue weighted by molar-refractivity contribution is 6.20. The summed E-state index contributed by atoms with van der Waals surface area (Å²) < 4.78 is 9.04. The minimum absolute atomic E-state index is 0.873. The van der Waals surface area contributed by atoms with Crippen LogP contribution in [0.4, 0.5) is 17.1 Å². The van der Waals surface area contributed by atoms with Gasteiger partial charge in [-0.15, -0.1) is 0 Å². The van der Waals surface area contributed by atoms with Crippen LogP contribution in [-0.2, 0) is 0 Å². The Bertz CT molecular complexity index is 3130. The van der Waals surface area contributed by atoms with E-state index in [1.165, 1.54) is 43.5 Å². The highest BCUT2D eigenvalue weighted by Crippen LogP contribution is 2.46. The summed E-state index contributed by atoms with van der Waals surface area (Å²) in [6.45, 7) is 0. The molecule has 0 saturated carbocycles. The molecule has 0 saturated heterocycles. The fourth-order valence-corrected chi connectivity index (χ4v) is 8.36. The molecule has 0 aliphatic rings. The number of furan rings is 1. The number of rotatable bonds is 5. The maximum Gasteiger partial charge on any atom is 0.143 e. The fraction of sp³-hybridized carbons (Fsp3) is 0. The van der Waals surface area contributed by atoms with E-state index in [4.69, 9.17) is 4.42 Å². The van der Waals surface area contributed by atoms with E-state index >= 15 is 0 Å². The second-order valence-corrected chi connectivity index (χ2v) is 13.7. The van der Waals surface area contributed by atoms with Gasteiger partial charge in [-0.2, -0.15) is 0 Å². The summed E-state index contributed by atoms with van der Waals surface area (Å²) in [5.74, 6) is 0. The predicted octanol–water partition coefficient (Wildman–Crippen LogP) is 14.1. The van der Waals surface area contributed by atoms with Crippen molar-refractivity contribution in [2.75, 3.05) is 4.90 Å². The number of anilines is 3. The summed E-state index contributed by atoms with van der Waals surface area (Å²) in [6.07, 6.45) is 0. The first-order chi connectivity index (χ1) is 26.3. The SMILES string of the molecule is c1cc(-c2ccc(N(c3cccc4ccccc34)c3cccc4oc5c6ccccc6ccc5c34)cc2)cc(-n2c3ccccc3c3ccccc32)c1. The van der Waals surface area contributed by atoms with E-state index in [1.807, 2.05) is 0 Å². The van der Waals surface area contributed by atoms with Crippen LogP contribution < -0.4 is 4.90 Å². The average molecular weight is 677 g/mol. The molecule has 0 aliphatic carbocycles. The quantitative estimate of drug-likeness (QED) is 0.181. The lowest BCUT2D eigenvalue weighted by molar-refractivity contribution is 0.672. The van der Waals surface area contributed by atoms with Crippen molar-refractivity contribution in [3.05, 3.63) is 194 Å². The highest BCUT2D eigenvalue weighted by atomic mass is 16.3. The largest absolute Gasteiger partial charge is 0.455 e. The Morgan fingerprint density at radius 1 is 0.396 bits per heavy atom. The van der Waals surface area contributed by atoms with Crippen molar-refractivity contribution in [1.82, 2.24) is 4.57 Å². The third kappa shape index (κ3) is 4.61. The van der Waals surface area contributed by atoms with Crippen LogP contribution in [0, 0.1) is 0 Å². The first kappa shape index (κ1) is 29.6. The van der Waals surface area contributed by atoms with Crippen LogP contribution in [0.3, 0.4) is 0 Å². The van der Waals surface area contributed by atoms with Gasteiger partial charge in [0.25, 0.3) is 0 Å². The van der Waals surface area contributed by atoms with Gasteiger partial charge in [-0.05, 0) is 82.6 Å². The fourth-order valence-electron chi connectivity index (χ4n) is 8.36. The van der Waals surface area contributed by atoms with Gasteiger partial charge < -0.3 is 13.9 Å². The Morgan fingerprint density at radius 2 is 1.00 bits per heavy atom. The molecule has 2 heterocycles. The molecule has 9 aromatic carbocycles. The van der Waals surface area contributed by atoms with Crippen LogP contribution in [-0.4, -0.2) is 4.57 Å². The summed E-state index contributed by atoms with van der Waals surface area (Å²) in [5, 5.41) is 9.42. The van der Waals surface area contributed by atoms with E-state index in [0.717, 1.165) is 55.6 Å². The zero-order chi connectivity index (χ0) is 34.9. The molecule has 0 fully saturated rings. The molecule has 53 heavy (non-hydrogen) atoms. The lowest BCUT2D eigenvalue weighted by Crippen LogP contribution is -2.10. The van der Waals surface area contributed by atoms with E-state index in [9.17, 15) is 0 Å². The Kier molecular flexibility index (Phi) is 6.55. The maximum atomic E-state index is 6.66. The van der Waals surface area contributed by atoms with Crippen LogP contribution in [0.1, 0.15) is 0 Å². The molecule has 11 aromatic rings. The molecular weight excluding hydrogens is 645 g/mol. The number of hydrogen-bond acceptors (Lipinski definition) is 2. The molecule has 3 heteroatoms. The highest BCUT2D eigenvalue weighted by Gasteiger charge is 2.22. The van der Waals surface area contributed by atoms with Gasteiger partial charge in [-0.3, -0.25) is 0 Å². The van der Waals surface area contributed by atoms with Gasteiger partial charge in [0, 0.05) is 38.3 Å². The van der Waals surface area contributed by atoms with Gasteiger partial charge in [0.15, 0.2) is 0 Å². The Labute approximate surface area is 306 Å². The van der Waals surface area contributed by atoms with Crippen LogP contribution in [0.5, 0.6) is 0 Å². The van der Waals surface area contributed by atoms with Gasteiger partial charge in [0.1, 0.15) is 11.2 Å². The van der Waals surface area contributed by atoms with Gasteiger partial charge in [0.05, 0.1) is 27.8 Å². The summed E-state index contributed by atoms with van der Waals surface area (Å²) in [5.41, 5.74) is 11.0. The molecule has 0 spiro atoms. The third-order valence-corrected chi connectivity index (χ3v) is 10.8. The standard InChI is InChI=1S/C50H32N2O/c1-3-17-39-34(12-1)14-10-23-44(39)51(47-24-11-25-48-49(47)43-31-28-35-13-2-4-18-40(35)50(43)53-48)37-29-26-33(27-30-37)36-15-9-16-38(32-36)52-45-21-7-5-19-41(45)42-20-6-8-22-46(42)52/h1-32H. The molecular formula is C50H32N2O. The van der Waals surface area contributed by atoms with Crippen LogP contribution in [0.2, 0.25) is 0 Å². The normalized spacial score (nSPS) is 11.8. The molecule has 0 amide bonds. The number of fused-ring (bicyclic) bond motifs is 9. The van der Waals surface area contributed by atoms with E-state index in [0.29, 0.717) is 0 Å². The maximum absolute atomic E-state index is 6.66. The Morgan fingerprint density at radius 3 is 1.77 bits per heavy atom. The molecule has 3 nitrogen and oxygen atoms in total. The van der Waals surface area contributed by atoms with E-state index in [-0.39, 0.29) is 0 Å². The molecule has 248 valence electrons. The number of hydrogen-bond donors (Lipinski definition) is 0. The number of nitrogens with zero attached hydrogens (tertiary/aromatic N) is 2. The van der Waals surface area contributed by atoms with Gasteiger partial charge in [-0.25, -0.2) is 0 Å². The van der Waals surface area contributed by atoms with E-state index in [1.54, 1.807) is 0 Å². The molecule has 0 radical (unpaired) electrons. The minimum Gasteiger partial charge on any atom is -0.455 e. The predicted molar refractivity (Wildman–Crippen MR) is 223 cm³/mol. The Balaban J connectivity index is 1.08. The minimum atomic E-state index is 0.873. The lowest BCUT2D eigenvalue weighted by atomic mass is 10.0. The van der Waals surface area contributed by atoms with Gasteiger partial charge in [0.2, 0.25) is 0 Å². The summed E-state index contributed by atoms with van der Waals surface area (Å²) >= 11 is 0. The lowest BCUT2D eigenvalue weighted by Gasteiger charge is -2.27. The number of para-hydroxylation sites is 2. The van der Waals surface area contributed by atoms with Gasteiger partial charge in [-0.1, -0.05) is 133 Å². The zero-order valence-corrected chi connectivity index (χ0v) is 28.8. The first-order valence-electron chi connectivity index (χ1n) is 18.1. The van der Waals surface area contributed by atoms with E-state index in [2.05, 4.69) is 204 Å². The van der Waals surface area contributed by atoms with Gasteiger partial charge >= 0.3 is 0 Å². The summed E-state index contributed by atoms with van der Waals surface area (Å²) in [7, 11) is 0.